The molecule has 5 nitrogen and oxygen atoms in total. The predicted octanol–water partition coefficient (Wildman–Crippen LogP) is 6.51. The fourth-order valence-electron chi connectivity index (χ4n) is 3.26. The molecule has 0 saturated carbocycles. The molecule has 2 heterocycles. The van der Waals surface area contributed by atoms with Gasteiger partial charge < -0.3 is 9.84 Å². The van der Waals surface area contributed by atoms with E-state index in [2.05, 4.69) is 80.6 Å². The van der Waals surface area contributed by atoms with Crippen molar-refractivity contribution in [3.8, 4) is 22.5 Å². The summed E-state index contributed by atoms with van der Waals surface area (Å²) in [6, 6.07) is 16.5. The highest BCUT2D eigenvalue weighted by Crippen LogP contribution is 2.38. The molecule has 0 aliphatic rings. The molecule has 152 valence electrons. The first-order valence-corrected chi connectivity index (χ1v) is 11.3. The van der Waals surface area contributed by atoms with Crippen molar-refractivity contribution in [1.82, 2.24) is 15.1 Å². The molecule has 1 N–H and O–H groups in total. The van der Waals surface area contributed by atoms with E-state index in [1.807, 2.05) is 25.2 Å². The fourth-order valence-corrected chi connectivity index (χ4v) is 4.64. The lowest BCUT2D eigenvalue weighted by molar-refractivity contribution is 0.391. The summed E-state index contributed by atoms with van der Waals surface area (Å²) in [5.74, 6) is 2.43. The average Bonchev–Trinajstić information content (AvgIpc) is 3.23. The van der Waals surface area contributed by atoms with E-state index in [4.69, 9.17) is 4.52 Å². The quantitative estimate of drug-likeness (QED) is 0.317. The maximum atomic E-state index is 5.51. The van der Waals surface area contributed by atoms with Gasteiger partial charge in [0.05, 0.1) is 11.3 Å². The summed E-state index contributed by atoms with van der Waals surface area (Å²) < 4.78 is 6.58. The normalized spacial score (nSPS) is 10.9. The molecule has 0 fully saturated rings. The Balaban J connectivity index is 1.61. The van der Waals surface area contributed by atoms with E-state index in [0.29, 0.717) is 17.5 Å². The fraction of sp³-hybridized carbons (Fsp3) is 0.174. The second-order valence-corrected chi connectivity index (χ2v) is 8.77. The number of halogens is 1. The van der Waals surface area contributed by atoms with Crippen LogP contribution in [0.1, 0.15) is 17.0 Å². The summed E-state index contributed by atoms with van der Waals surface area (Å²) >= 11 is 5.29. The van der Waals surface area contributed by atoms with Crippen LogP contribution in [0.5, 0.6) is 0 Å². The first-order chi connectivity index (χ1) is 14.6. The number of thioether (sulfide) groups is 1. The van der Waals surface area contributed by atoms with Gasteiger partial charge in [-0.1, -0.05) is 39.3 Å². The third kappa shape index (κ3) is 4.27. The Morgan fingerprint density at radius 2 is 1.97 bits per heavy atom. The number of benzene rings is 2. The molecule has 0 aliphatic heterocycles. The van der Waals surface area contributed by atoms with E-state index in [-0.39, 0.29) is 0 Å². The molecule has 4 rings (SSSR count). The van der Waals surface area contributed by atoms with Crippen molar-refractivity contribution < 1.29 is 4.52 Å². The van der Waals surface area contributed by atoms with Crippen LogP contribution in [-0.2, 0) is 5.75 Å². The molecule has 0 unspecified atom stereocenters. The van der Waals surface area contributed by atoms with Crippen LogP contribution in [0, 0.1) is 13.8 Å². The number of nitrogens with one attached hydrogen (secondary N) is 1. The van der Waals surface area contributed by atoms with Crippen LogP contribution in [0.4, 0.5) is 5.82 Å². The second kappa shape index (κ2) is 9.02. The van der Waals surface area contributed by atoms with Crippen molar-refractivity contribution in [3.63, 3.8) is 0 Å². The van der Waals surface area contributed by atoms with Crippen LogP contribution < -0.4 is 5.32 Å². The van der Waals surface area contributed by atoms with Crippen molar-refractivity contribution in [2.45, 2.75) is 24.5 Å². The highest BCUT2D eigenvalue weighted by Gasteiger charge is 2.15. The van der Waals surface area contributed by atoms with Crippen LogP contribution in [0.15, 0.2) is 68.6 Å². The van der Waals surface area contributed by atoms with Gasteiger partial charge in [0.25, 0.3) is 0 Å². The molecule has 0 radical (unpaired) electrons. The van der Waals surface area contributed by atoms with Crippen molar-refractivity contribution in [2.75, 3.05) is 12.4 Å². The van der Waals surface area contributed by atoms with E-state index in [9.17, 15) is 0 Å². The minimum atomic E-state index is 0.537. The Kier molecular flexibility index (Phi) is 6.20. The van der Waals surface area contributed by atoms with Gasteiger partial charge >= 0.3 is 0 Å². The lowest BCUT2D eigenvalue weighted by Crippen LogP contribution is -1.95. The zero-order valence-electron chi connectivity index (χ0n) is 16.9. The lowest BCUT2D eigenvalue weighted by Gasteiger charge is -2.14. The molecular formula is C23H21BrN4OS. The molecule has 0 spiro atoms. The zero-order chi connectivity index (χ0) is 21.1. The monoisotopic (exact) mass is 480 g/mol. The van der Waals surface area contributed by atoms with Gasteiger partial charge in [-0.2, -0.15) is 4.98 Å². The maximum absolute atomic E-state index is 5.51. The van der Waals surface area contributed by atoms with E-state index >= 15 is 0 Å². The summed E-state index contributed by atoms with van der Waals surface area (Å²) in [6.45, 7) is 4.31. The smallest absolute Gasteiger partial charge is 0.237 e. The summed E-state index contributed by atoms with van der Waals surface area (Å²) in [5.41, 5.74) is 5.80. The Labute approximate surface area is 188 Å². The third-order valence-corrected chi connectivity index (χ3v) is 6.45. The first-order valence-electron chi connectivity index (χ1n) is 9.51. The molecule has 2 aromatic carbocycles. The van der Waals surface area contributed by atoms with Crippen LogP contribution in [-0.4, -0.2) is 22.2 Å². The van der Waals surface area contributed by atoms with E-state index < -0.39 is 0 Å². The van der Waals surface area contributed by atoms with Gasteiger partial charge in [0.15, 0.2) is 0 Å². The van der Waals surface area contributed by atoms with E-state index in [1.54, 1.807) is 18.0 Å². The predicted molar refractivity (Wildman–Crippen MR) is 126 cm³/mol. The summed E-state index contributed by atoms with van der Waals surface area (Å²) in [7, 11) is 1.83. The molecule has 0 aliphatic carbocycles. The summed E-state index contributed by atoms with van der Waals surface area (Å²) in [4.78, 5) is 10.1. The number of aryl methyl sites for hydroxylation is 1. The molecule has 2 aromatic heterocycles. The third-order valence-electron chi connectivity index (χ3n) is 4.92. The number of anilines is 1. The van der Waals surface area contributed by atoms with Gasteiger partial charge in [0.2, 0.25) is 11.7 Å². The minimum absolute atomic E-state index is 0.537. The van der Waals surface area contributed by atoms with Gasteiger partial charge in [0, 0.05) is 22.6 Å². The van der Waals surface area contributed by atoms with E-state index in [0.717, 1.165) is 15.9 Å². The van der Waals surface area contributed by atoms with Crippen LogP contribution in [0.2, 0.25) is 0 Å². The van der Waals surface area contributed by atoms with Crippen molar-refractivity contribution in [1.29, 1.82) is 0 Å². The zero-order valence-corrected chi connectivity index (χ0v) is 19.3. The first kappa shape index (κ1) is 20.6. The summed E-state index contributed by atoms with van der Waals surface area (Å²) in [6.07, 6.45) is 1.73. The number of hydrogen-bond acceptors (Lipinski definition) is 6. The minimum Gasteiger partial charge on any atom is -0.373 e. The summed E-state index contributed by atoms with van der Waals surface area (Å²) in [5, 5.41) is 7.21. The second-order valence-electron chi connectivity index (χ2n) is 6.84. The molecule has 4 aromatic rings. The number of nitrogens with zero attached hydrogens (tertiary/aromatic N) is 3. The van der Waals surface area contributed by atoms with Crippen LogP contribution >= 0.6 is 27.7 Å². The lowest BCUT2D eigenvalue weighted by atomic mass is 9.97. The van der Waals surface area contributed by atoms with Crippen molar-refractivity contribution >= 4 is 33.5 Å². The highest BCUT2D eigenvalue weighted by molar-refractivity contribution is 9.10. The average molecular weight is 481 g/mol. The number of rotatable bonds is 6. The largest absolute Gasteiger partial charge is 0.373 e. The molecule has 0 saturated heterocycles. The van der Waals surface area contributed by atoms with Crippen LogP contribution in [0.25, 0.3) is 22.5 Å². The SMILES string of the molecule is CNc1ncccc1-c1noc(CSc2ccc(C)c(C)c2-c2cccc(Br)c2)n1. The number of pyridine rings is 1. The standard InChI is InChI=1S/C23H21BrN4OS/c1-14-9-10-19(21(15(14)2)16-6-4-7-17(24)12-16)30-13-20-27-23(28-29-20)18-8-5-11-26-22(18)25-3/h4-12H,13H2,1-3H3,(H,25,26). The molecule has 0 amide bonds. The van der Waals surface area contributed by atoms with Crippen molar-refractivity contribution in [2.24, 2.45) is 0 Å². The maximum Gasteiger partial charge on any atom is 0.237 e. The Hall–Kier alpha value is -2.64. The highest BCUT2D eigenvalue weighted by atomic mass is 79.9. The topological polar surface area (TPSA) is 63.8 Å². The molecular weight excluding hydrogens is 460 g/mol. The number of aromatic nitrogens is 3. The van der Waals surface area contributed by atoms with Gasteiger partial charge in [-0.15, -0.1) is 11.8 Å². The molecule has 0 bridgehead atoms. The molecule has 0 atom stereocenters. The molecule has 7 heteroatoms. The Morgan fingerprint density at radius 3 is 2.77 bits per heavy atom. The van der Waals surface area contributed by atoms with Gasteiger partial charge in [-0.25, -0.2) is 4.98 Å². The Bertz CT molecular complexity index is 1190. The number of hydrogen-bond donors (Lipinski definition) is 1. The van der Waals surface area contributed by atoms with Gasteiger partial charge in [0.1, 0.15) is 5.82 Å². The van der Waals surface area contributed by atoms with Crippen molar-refractivity contribution in [3.05, 3.63) is 76.2 Å². The molecule has 30 heavy (non-hydrogen) atoms. The van der Waals surface area contributed by atoms with E-state index in [1.165, 1.54) is 27.1 Å². The van der Waals surface area contributed by atoms with Crippen LogP contribution in [0.3, 0.4) is 0 Å². The van der Waals surface area contributed by atoms with Gasteiger partial charge in [-0.05, 0) is 66.4 Å². The Morgan fingerprint density at radius 1 is 1.10 bits per heavy atom. The van der Waals surface area contributed by atoms with Gasteiger partial charge in [-0.3, -0.25) is 0 Å².